The van der Waals surface area contributed by atoms with Gasteiger partial charge in [-0.25, -0.2) is 13.1 Å². The van der Waals surface area contributed by atoms with Crippen molar-refractivity contribution in [3.63, 3.8) is 0 Å². The van der Waals surface area contributed by atoms with Crippen molar-refractivity contribution in [2.45, 2.75) is 44.4 Å². The van der Waals surface area contributed by atoms with Crippen molar-refractivity contribution in [2.24, 2.45) is 5.92 Å². The minimum Gasteiger partial charge on any atom is -0.274 e. The third-order valence-electron chi connectivity index (χ3n) is 3.59. The first kappa shape index (κ1) is 14.1. The van der Waals surface area contributed by atoms with Gasteiger partial charge in [0.1, 0.15) is 0 Å². The van der Waals surface area contributed by atoms with Crippen LogP contribution in [0.1, 0.15) is 36.8 Å². The molecule has 1 aliphatic carbocycles. The number of carbonyl (C=O) groups excluding carboxylic acids is 1. The van der Waals surface area contributed by atoms with Crippen molar-refractivity contribution < 1.29 is 13.2 Å². The molecule has 1 aromatic rings. The quantitative estimate of drug-likeness (QED) is 0.924. The summed E-state index contributed by atoms with van der Waals surface area (Å²) in [6, 6.07) is 5.21. The number of hydrogen-bond acceptors (Lipinski definition) is 3. The molecule has 1 saturated carbocycles. The maximum atomic E-state index is 12.2. The van der Waals surface area contributed by atoms with E-state index < -0.39 is 10.0 Å². The van der Waals surface area contributed by atoms with Crippen LogP contribution in [-0.2, 0) is 14.8 Å². The largest absolute Gasteiger partial charge is 0.274 e. The van der Waals surface area contributed by atoms with Gasteiger partial charge in [0.25, 0.3) is 10.0 Å². The number of aryl methyl sites for hydroxylation is 2. The Hall–Kier alpha value is -1.36. The van der Waals surface area contributed by atoms with E-state index in [0.29, 0.717) is 5.56 Å². The van der Waals surface area contributed by atoms with Gasteiger partial charge in [-0.15, -0.1) is 0 Å². The summed E-state index contributed by atoms with van der Waals surface area (Å²) >= 11 is 0. The maximum absolute atomic E-state index is 12.2. The molecule has 4 nitrogen and oxygen atoms in total. The van der Waals surface area contributed by atoms with Crippen LogP contribution < -0.4 is 4.72 Å². The molecule has 0 unspecified atom stereocenters. The van der Waals surface area contributed by atoms with Gasteiger partial charge in [-0.05, 0) is 43.9 Å². The lowest BCUT2D eigenvalue weighted by Gasteiger charge is -2.13. The van der Waals surface area contributed by atoms with Crippen molar-refractivity contribution in [1.82, 2.24) is 4.72 Å². The van der Waals surface area contributed by atoms with Gasteiger partial charge in [0.15, 0.2) is 0 Å². The third kappa shape index (κ3) is 3.15. The standard InChI is InChI=1S/C14H19NO3S/c1-10-7-8-11(2)13(9-10)19(17,18)15-14(16)12-5-3-4-6-12/h7-9,12H,3-6H2,1-2H3,(H,15,16). The van der Waals surface area contributed by atoms with E-state index in [1.165, 1.54) is 0 Å². The zero-order valence-electron chi connectivity index (χ0n) is 11.3. The Balaban J connectivity index is 2.22. The van der Waals surface area contributed by atoms with E-state index in [1.54, 1.807) is 19.1 Å². The average Bonchev–Trinajstić information content (AvgIpc) is 2.85. The number of sulfonamides is 1. The predicted molar refractivity (Wildman–Crippen MR) is 73.2 cm³/mol. The topological polar surface area (TPSA) is 63.2 Å². The van der Waals surface area contributed by atoms with Crippen LogP contribution in [0.15, 0.2) is 23.1 Å². The van der Waals surface area contributed by atoms with Gasteiger partial charge in [-0.3, -0.25) is 4.79 Å². The molecular formula is C14H19NO3S. The Bertz CT molecular complexity index is 587. The first-order valence-electron chi connectivity index (χ1n) is 6.54. The number of amides is 1. The van der Waals surface area contributed by atoms with E-state index >= 15 is 0 Å². The molecule has 1 aromatic carbocycles. The number of benzene rings is 1. The highest BCUT2D eigenvalue weighted by Crippen LogP contribution is 2.25. The molecule has 1 fully saturated rings. The van der Waals surface area contributed by atoms with E-state index in [9.17, 15) is 13.2 Å². The summed E-state index contributed by atoms with van der Waals surface area (Å²) in [7, 11) is -3.75. The lowest BCUT2D eigenvalue weighted by atomic mass is 10.1. The molecule has 1 N–H and O–H groups in total. The van der Waals surface area contributed by atoms with E-state index in [2.05, 4.69) is 4.72 Å². The molecule has 104 valence electrons. The Labute approximate surface area is 114 Å². The molecule has 1 amide bonds. The Kier molecular flexibility index (Phi) is 3.94. The number of carbonyl (C=O) groups is 1. The van der Waals surface area contributed by atoms with Crippen molar-refractivity contribution in [1.29, 1.82) is 0 Å². The van der Waals surface area contributed by atoms with Crippen molar-refractivity contribution >= 4 is 15.9 Å². The highest BCUT2D eigenvalue weighted by Gasteiger charge is 2.27. The molecule has 0 saturated heterocycles. The monoisotopic (exact) mass is 281 g/mol. The molecule has 0 aliphatic heterocycles. The van der Waals surface area contributed by atoms with E-state index in [0.717, 1.165) is 31.2 Å². The molecule has 2 rings (SSSR count). The van der Waals surface area contributed by atoms with Gasteiger partial charge in [-0.1, -0.05) is 25.0 Å². The summed E-state index contributed by atoms with van der Waals surface area (Å²) in [5.41, 5.74) is 1.51. The summed E-state index contributed by atoms with van der Waals surface area (Å²) in [6.07, 6.45) is 3.57. The summed E-state index contributed by atoms with van der Waals surface area (Å²) in [5.74, 6) is -0.515. The maximum Gasteiger partial charge on any atom is 0.264 e. The fourth-order valence-electron chi connectivity index (χ4n) is 2.46. The fraction of sp³-hybridized carbons (Fsp3) is 0.500. The molecule has 0 heterocycles. The minimum absolute atomic E-state index is 0.153. The summed E-state index contributed by atoms with van der Waals surface area (Å²) in [5, 5.41) is 0. The van der Waals surface area contributed by atoms with Crippen LogP contribution >= 0.6 is 0 Å². The van der Waals surface area contributed by atoms with E-state index in [-0.39, 0.29) is 16.7 Å². The summed E-state index contributed by atoms with van der Waals surface area (Å²) < 4.78 is 26.7. The third-order valence-corrected chi connectivity index (χ3v) is 5.08. The van der Waals surface area contributed by atoms with Gasteiger partial charge in [0.05, 0.1) is 4.90 Å². The molecule has 0 aromatic heterocycles. The van der Waals surface area contributed by atoms with Crippen molar-refractivity contribution in [2.75, 3.05) is 0 Å². The highest BCUT2D eigenvalue weighted by atomic mass is 32.2. The molecule has 0 atom stereocenters. The lowest BCUT2D eigenvalue weighted by molar-refractivity contribution is -0.122. The Morgan fingerprint density at radius 3 is 2.47 bits per heavy atom. The highest BCUT2D eigenvalue weighted by molar-refractivity contribution is 7.90. The second kappa shape index (κ2) is 5.33. The normalized spacial score (nSPS) is 16.5. The Morgan fingerprint density at radius 1 is 1.21 bits per heavy atom. The molecule has 0 bridgehead atoms. The fourth-order valence-corrected chi connectivity index (χ4v) is 3.83. The Morgan fingerprint density at radius 2 is 1.84 bits per heavy atom. The summed E-state index contributed by atoms with van der Waals surface area (Å²) in [6.45, 7) is 3.56. The average molecular weight is 281 g/mol. The van der Waals surface area contributed by atoms with Gasteiger partial charge >= 0.3 is 0 Å². The summed E-state index contributed by atoms with van der Waals surface area (Å²) in [4.78, 5) is 12.1. The van der Waals surface area contributed by atoms with Crippen LogP contribution in [-0.4, -0.2) is 14.3 Å². The first-order valence-corrected chi connectivity index (χ1v) is 8.02. The molecule has 19 heavy (non-hydrogen) atoms. The number of hydrogen-bond donors (Lipinski definition) is 1. The number of nitrogens with one attached hydrogen (secondary N) is 1. The molecule has 1 aliphatic rings. The van der Waals surface area contributed by atoms with Crippen LogP contribution in [0.2, 0.25) is 0 Å². The van der Waals surface area contributed by atoms with E-state index in [1.807, 2.05) is 13.0 Å². The van der Waals surface area contributed by atoms with Gasteiger partial charge in [0, 0.05) is 5.92 Å². The van der Waals surface area contributed by atoms with E-state index in [4.69, 9.17) is 0 Å². The van der Waals surface area contributed by atoms with Crippen LogP contribution in [0.25, 0.3) is 0 Å². The molecule has 5 heteroatoms. The lowest BCUT2D eigenvalue weighted by Crippen LogP contribution is -2.35. The molecular weight excluding hydrogens is 262 g/mol. The van der Waals surface area contributed by atoms with Crippen molar-refractivity contribution in [3.05, 3.63) is 29.3 Å². The van der Waals surface area contributed by atoms with Crippen LogP contribution in [0.5, 0.6) is 0 Å². The van der Waals surface area contributed by atoms with Gasteiger partial charge in [0.2, 0.25) is 5.91 Å². The second-order valence-electron chi connectivity index (χ2n) is 5.22. The number of rotatable bonds is 3. The zero-order valence-corrected chi connectivity index (χ0v) is 12.1. The SMILES string of the molecule is Cc1ccc(C)c(S(=O)(=O)NC(=O)C2CCCC2)c1. The van der Waals surface area contributed by atoms with Crippen LogP contribution in [0.4, 0.5) is 0 Å². The zero-order chi connectivity index (χ0) is 14.0. The smallest absolute Gasteiger partial charge is 0.264 e. The molecule has 0 spiro atoms. The van der Waals surface area contributed by atoms with Crippen LogP contribution in [0.3, 0.4) is 0 Å². The van der Waals surface area contributed by atoms with Gasteiger partial charge < -0.3 is 0 Å². The first-order chi connectivity index (χ1) is 8.90. The second-order valence-corrected chi connectivity index (χ2v) is 6.87. The molecule has 0 radical (unpaired) electrons. The van der Waals surface area contributed by atoms with Crippen molar-refractivity contribution in [3.8, 4) is 0 Å². The minimum atomic E-state index is -3.75. The van der Waals surface area contributed by atoms with Crippen LogP contribution in [0, 0.1) is 19.8 Å². The predicted octanol–water partition coefficient (Wildman–Crippen LogP) is 2.30. The van der Waals surface area contributed by atoms with Gasteiger partial charge in [-0.2, -0.15) is 0 Å².